The Labute approximate surface area is 166 Å². The van der Waals surface area contributed by atoms with Crippen LogP contribution in [0, 0.1) is 5.41 Å². The number of amides is 2. The van der Waals surface area contributed by atoms with Crippen LogP contribution in [-0.4, -0.2) is 52.8 Å². The molecule has 4 rings (SSSR count). The number of pyridine rings is 1. The molecule has 2 fully saturated rings. The smallest absolute Gasteiger partial charge is 0.230 e. The standard InChI is InChI=1S/C23H27N3O2/c27-21(7-6-20-8-13-24-14-9-20)26-17-12-23(18-26)11-16-25(22(23)28)15-10-19-4-2-1-3-5-19/h1-5,8-9,13-14H,6-7,10-12,15-18H2. The first kappa shape index (κ1) is 18.7. The number of aryl methyl sites for hydroxylation is 1. The Bertz CT molecular complexity index is 824. The molecule has 2 aliphatic rings. The summed E-state index contributed by atoms with van der Waals surface area (Å²) >= 11 is 0. The van der Waals surface area contributed by atoms with Crippen molar-refractivity contribution in [3.8, 4) is 0 Å². The molecule has 1 spiro atoms. The number of likely N-dealkylation sites (tertiary alicyclic amines) is 2. The molecule has 1 unspecified atom stereocenters. The van der Waals surface area contributed by atoms with Crippen molar-refractivity contribution in [2.45, 2.75) is 32.1 Å². The van der Waals surface area contributed by atoms with Crippen LogP contribution in [0.4, 0.5) is 0 Å². The van der Waals surface area contributed by atoms with Gasteiger partial charge in [-0.2, -0.15) is 0 Å². The summed E-state index contributed by atoms with van der Waals surface area (Å²) in [7, 11) is 0. The monoisotopic (exact) mass is 377 g/mol. The molecule has 2 aromatic rings. The van der Waals surface area contributed by atoms with Crippen molar-refractivity contribution < 1.29 is 9.59 Å². The molecule has 0 radical (unpaired) electrons. The van der Waals surface area contributed by atoms with Crippen LogP contribution < -0.4 is 0 Å². The average molecular weight is 377 g/mol. The highest BCUT2D eigenvalue weighted by molar-refractivity contribution is 5.87. The Balaban J connectivity index is 1.30. The minimum Gasteiger partial charge on any atom is -0.342 e. The predicted molar refractivity (Wildman–Crippen MR) is 108 cm³/mol. The van der Waals surface area contributed by atoms with Gasteiger partial charge in [0.1, 0.15) is 0 Å². The second-order valence-electron chi connectivity index (χ2n) is 7.98. The molecule has 5 nitrogen and oxygen atoms in total. The summed E-state index contributed by atoms with van der Waals surface area (Å²) in [5, 5.41) is 0. The number of benzene rings is 1. The van der Waals surface area contributed by atoms with E-state index in [1.165, 1.54) is 5.56 Å². The Morgan fingerprint density at radius 2 is 1.68 bits per heavy atom. The third-order valence-corrected chi connectivity index (χ3v) is 6.20. The molecule has 2 aliphatic heterocycles. The molecule has 0 saturated carbocycles. The zero-order valence-electron chi connectivity index (χ0n) is 16.2. The molecule has 2 amide bonds. The lowest BCUT2D eigenvalue weighted by atomic mass is 9.85. The molecular formula is C23H27N3O2. The van der Waals surface area contributed by atoms with Crippen molar-refractivity contribution in [2.75, 3.05) is 26.2 Å². The van der Waals surface area contributed by atoms with Crippen molar-refractivity contribution >= 4 is 11.8 Å². The van der Waals surface area contributed by atoms with E-state index in [0.717, 1.165) is 44.3 Å². The van der Waals surface area contributed by atoms with E-state index in [-0.39, 0.29) is 17.2 Å². The van der Waals surface area contributed by atoms with Crippen molar-refractivity contribution in [2.24, 2.45) is 5.41 Å². The number of hydrogen-bond donors (Lipinski definition) is 0. The number of aromatic nitrogens is 1. The maximum atomic E-state index is 13.1. The van der Waals surface area contributed by atoms with Gasteiger partial charge in [0, 0.05) is 45.0 Å². The van der Waals surface area contributed by atoms with Crippen LogP contribution in [0.15, 0.2) is 54.9 Å². The Kier molecular flexibility index (Phi) is 5.42. The summed E-state index contributed by atoms with van der Waals surface area (Å²) in [6.45, 7) is 2.86. The van der Waals surface area contributed by atoms with Crippen LogP contribution in [0.1, 0.15) is 30.4 Å². The zero-order valence-corrected chi connectivity index (χ0v) is 16.2. The van der Waals surface area contributed by atoms with E-state index in [4.69, 9.17) is 0 Å². The van der Waals surface area contributed by atoms with Crippen LogP contribution in [-0.2, 0) is 22.4 Å². The Morgan fingerprint density at radius 3 is 2.46 bits per heavy atom. The predicted octanol–water partition coefficient (Wildman–Crippen LogP) is 2.71. The largest absolute Gasteiger partial charge is 0.342 e. The van der Waals surface area contributed by atoms with Gasteiger partial charge < -0.3 is 9.80 Å². The van der Waals surface area contributed by atoms with Crippen molar-refractivity contribution in [3.05, 3.63) is 66.0 Å². The van der Waals surface area contributed by atoms with Crippen LogP contribution in [0.2, 0.25) is 0 Å². The first-order valence-corrected chi connectivity index (χ1v) is 10.2. The fraction of sp³-hybridized carbons (Fsp3) is 0.435. The summed E-state index contributed by atoms with van der Waals surface area (Å²) in [6, 6.07) is 14.2. The SMILES string of the molecule is O=C(CCc1ccncc1)N1CCC2(CCN(CCc3ccccc3)C2=O)C1. The van der Waals surface area contributed by atoms with Crippen LogP contribution in [0.5, 0.6) is 0 Å². The first-order chi connectivity index (χ1) is 13.7. The zero-order chi connectivity index (χ0) is 19.4. The molecule has 3 heterocycles. The van der Waals surface area contributed by atoms with E-state index in [9.17, 15) is 9.59 Å². The molecule has 1 atom stereocenters. The van der Waals surface area contributed by atoms with Gasteiger partial charge >= 0.3 is 0 Å². The third kappa shape index (κ3) is 3.93. The molecule has 0 aliphatic carbocycles. The highest BCUT2D eigenvalue weighted by atomic mass is 16.2. The fourth-order valence-electron chi connectivity index (χ4n) is 4.44. The maximum Gasteiger partial charge on any atom is 0.230 e. The van der Waals surface area contributed by atoms with Gasteiger partial charge in [-0.25, -0.2) is 0 Å². The van der Waals surface area contributed by atoms with Crippen LogP contribution in [0.25, 0.3) is 0 Å². The van der Waals surface area contributed by atoms with Gasteiger partial charge in [0.25, 0.3) is 0 Å². The molecular weight excluding hydrogens is 350 g/mol. The topological polar surface area (TPSA) is 53.5 Å². The summed E-state index contributed by atoms with van der Waals surface area (Å²) in [4.78, 5) is 33.6. The first-order valence-electron chi connectivity index (χ1n) is 10.2. The van der Waals surface area contributed by atoms with E-state index in [0.29, 0.717) is 19.5 Å². The second kappa shape index (κ2) is 8.13. The number of carbonyl (C=O) groups is 2. The van der Waals surface area contributed by atoms with E-state index in [1.807, 2.05) is 40.1 Å². The molecule has 146 valence electrons. The van der Waals surface area contributed by atoms with Crippen molar-refractivity contribution in [1.29, 1.82) is 0 Å². The number of hydrogen-bond acceptors (Lipinski definition) is 3. The van der Waals surface area contributed by atoms with Gasteiger partial charge in [0.2, 0.25) is 11.8 Å². The van der Waals surface area contributed by atoms with E-state index in [1.54, 1.807) is 12.4 Å². The van der Waals surface area contributed by atoms with Crippen LogP contribution >= 0.6 is 0 Å². The lowest BCUT2D eigenvalue weighted by Gasteiger charge is -2.24. The van der Waals surface area contributed by atoms with Crippen LogP contribution in [0.3, 0.4) is 0 Å². The molecule has 1 aromatic heterocycles. The summed E-state index contributed by atoms with van der Waals surface area (Å²) in [5.74, 6) is 0.400. The van der Waals surface area contributed by atoms with Gasteiger partial charge in [-0.15, -0.1) is 0 Å². The lowest BCUT2D eigenvalue weighted by Crippen LogP contribution is -2.39. The van der Waals surface area contributed by atoms with Crippen molar-refractivity contribution in [1.82, 2.24) is 14.8 Å². The maximum absolute atomic E-state index is 13.1. The summed E-state index contributed by atoms with van der Waals surface area (Å²) in [6.07, 6.45) is 7.28. The van der Waals surface area contributed by atoms with E-state index in [2.05, 4.69) is 17.1 Å². The highest BCUT2D eigenvalue weighted by Gasteiger charge is 2.51. The summed E-state index contributed by atoms with van der Waals surface area (Å²) in [5.41, 5.74) is 2.04. The van der Waals surface area contributed by atoms with Gasteiger partial charge in [0.05, 0.1) is 5.41 Å². The second-order valence-corrected chi connectivity index (χ2v) is 7.98. The van der Waals surface area contributed by atoms with Gasteiger partial charge in [0.15, 0.2) is 0 Å². The normalized spacial score (nSPS) is 21.6. The van der Waals surface area contributed by atoms with E-state index >= 15 is 0 Å². The Hall–Kier alpha value is -2.69. The molecule has 0 N–H and O–H groups in total. The Morgan fingerprint density at radius 1 is 0.964 bits per heavy atom. The lowest BCUT2D eigenvalue weighted by molar-refractivity contribution is -0.136. The number of rotatable bonds is 6. The highest BCUT2D eigenvalue weighted by Crippen LogP contribution is 2.40. The van der Waals surface area contributed by atoms with E-state index < -0.39 is 0 Å². The van der Waals surface area contributed by atoms with Gasteiger partial charge in [-0.1, -0.05) is 30.3 Å². The minimum atomic E-state index is -0.344. The minimum absolute atomic E-state index is 0.157. The fourth-order valence-corrected chi connectivity index (χ4v) is 4.44. The molecule has 28 heavy (non-hydrogen) atoms. The summed E-state index contributed by atoms with van der Waals surface area (Å²) < 4.78 is 0. The third-order valence-electron chi connectivity index (χ3n) is 6.20. The molecule has 5 heteroatoms. The molecule has 0 bridgehead atoms. The number of carbonyl (C=O) groups excluding carboxylic acids is 2. The molecule has 2 saturated heterocycles. The van der Waals surface area contributed by atoms with Gasteiger partial charge in [-0.05, 0) is 48.9 Å². The van der Waals surface area contributed by atoms with Gasteiger partial charge in [-0.3, -0.25) is 14.6 Å². The quantitative estimate of drug-likeness (QED) is 0.778. The van der Waals surface area contributed by atoms with Crippen molar-refractivity contribution in [3.63, 3.8) is 0 Å². The average Bonchev–Trinajstić information content (AvgIpc) is 3.31. The molecule has 1 aromatic carbocycles. The number of nitrogens with zero attached hydrogens (tertiary/aromatic N) is 3.